The second-order valence-electron chi connectivity index (χ2n) is 4.25. The van der Waals surface area contributed by atoms with E-state index in [1.165, 1.54) is 24.3 Å². The molecular formula is C15H13ClFNO2. The number of amides is 1. The van der Waals surface area contributed by atoms with Gasteiger partial charge in [0.25, 0.3) is 5.91 Å². The molecule has 0 aliphatic carbocycles. The predicted octanol–water partition coefficient (Wildman–Crippen LogP) is 2.94. The van der Waals surface area contributed by atoms with Gasteiger partial charge in [-0.15, -0.1) is 0 Å². The highest BCUT2D eigenvalue weighted by atomic mass is 35.5. The van der Waals surface area contributed by atoms with Crippen LogP contribution in [-0.4, -0.2) is 17.6 Å². The average molecular weight is 294 g/mol. The number of hydrogen-bond donors (Lipinski definition) is 2. The number of rotatable bonds is 4. The SMILES string of the molecule is O=C(NCC(O)c1ccccc1Cl)c1ccc(F)cc1. The van der Waals surface area contributed by atoms with Crippen LogP contribution in [0.2, 0.25) is 5.02 Å². The van der Waals surface area contributed by atoms with Crippen molar-refractivity contribution in [1.29, 1.82) is 0 Å². The maximum Gasteiger partial charge on any atom is 0.251 e. The van der Waals surface area contributed by atoms with E-state index in [9.17, 15) is 14.3 Å². The van der Waals surface area contributed by atoms with Gasteiger partial charge in [0, 0.05) is 22.7 Å². The molecule has 0 bridgehead atoms. The third kappa shape index (κ3) is 3.56. The van der Waals surface area contributed by atoms with Gasteiger partial charge in [0.2, 0.25) is 0 Å². The van der Waals surface area contributed by atoms with Crippen molar-refractivity contribution in [1.82, 2.24) is 5.32 Å². The smallest absolute Gasteiger partial charge is 0.251 e. The molecule has 0 radical (unpaired) electrons. The lowest BCUT2D eigenvalue weighted by molar-refractivity contribution is 0.0916. The van der Waals surface area contributed by atoms with Crippen molar-refractivity contribution in [2.24, 2.45) is 0 Å². The first-order valence-corrected chi connectivity index (χ1v) is 6.42. The summed E-state index contributed by atoms with van der Waals surface area (Å²) in [5.74, 6) is -0.784. The van der Waals surface area contributed by atoms with Crippen LogP contribution >= 0.6 is 11.6 Å². The Morgan fingerprint density at radius 1 is 1.20 bits per heavy atom. The predicted molar refractivity (Wildman–Crippen MR) is 75.1 cm³/mol. The molecule has 0 saturated carbocycles. The van der Waals surface area contributed by atoms with Crippen molar-refractivity contribution < 1.29 is 14.3 Å². The molecule has 0 fully saturated rings. The molecule has 1 atom stereocenters. The van der Waals surface area contributed by atoms with Gasteiger partial charge in [0.15, 0.2) is 0 Å². The minimum Gasteiger partial charge on any atom is -0.387 e. The van der Waals surface area contributed by atoms with Crippen molar-refractivity contribution in [3.8, 4) is 0 Å². The summed E-state index contributed by atoms with van der Waals surface area (Å²) in [5, 5.41) is 13.0. The van der Waals surface area contributed by atoms with Crippen LogP contribution in [0.25, 0.3) is 0 Å². The third-order valence-corrected chi connectivity index (χ3v) is 3.17. The second-order valence-corrected chi connectivity index (χ2v) is 4.66. The Morgan fingerprint density at radius 2 is 1.85 bits per heavy atom. The number of carbonyl (C=O) groups excluding carboxylic acids is 1. The molecule has 0 aliphatic heterocycles. The zero-order valence-corrected chi connectivity index (χ0v) is 11.3. The standard InChI is InChI=1S/C15H13ClFNO2/c16-13-4-2-1-3-12(13)14(19)9-18-15(20)10-5-7-11(17)8-6-10/h1-8,14,19H,9H2,(H,18,20). The molecule has 1 unspecified atom stereocenters. The number of halogens is 2. The molecule has 0 aliphatic rings. The molecule has 5 heteroatoms. The monoisotopic (exact) mass is 293 g/mol. The summed E-state index contributed by atoms with van der Waals surface area (Å²) in [5.41, 5.74) is 0.881. The number of benzene rings is 2. The summed E-state index contributed by atoms with van der Waals surface area (Å²) in [6.45, 7) is 0.0277. The Balaban J connectivity index is 1.97. The van der Waals surface area contributed by atoms with Crippen molar-refractivity contribution in [3.63, 3.8) is 0 Å². The summed E-state index contributed by atoms with van der Waals surface area (Å²) >= 11 is 5.95. The number of hydrogen-bond acceptors (Lipinski definition) is 2. The van der Waals surface area contributed by atoms with Gasteiger partial charge in [0.05, 0.1) is 6.10 Å². The highest BCUT2D eigenvalue weighted by Crippen LogP contribution is 2.21. The van der Waals surface area contributed by atoms with Gasteiger partial charge in [-0.1, -0.05) is 29.8 Å². The van der Waals surface area contributed by atoms with Gasteiger partial charge >= 0.3 is 0 Å². The van der Waals surface area contributed by atoms with E-state index in [2.05, 4.69) is 5.32 Å². The Morgan fingerprint density at radius 3 is 2.50 bits per heavy atom. The van der Waals surface area contributed by atoms with Gasteiger partial charge in [-0.25, -0.2) is 4.39 Å². The maximum absolute atomic E-state index is 12.7. The van der Waals surface area contributed by atoms with E-state index in [1.807, 2.05) is 0 Å². The number of carbonyl (C=O) groups is 1. The Bertz CT molecular complexity index is 601. The average Bonchev–Trinajstić information content (AvgIpc) is 2.45. The number of aliphatic hydroxyl groups is 1. The lowest BCUT2D eigenvalue weighted by Crippen LogP contribution is -2.28. The molecular weight excluding hydrogens is 281 g/mol. The van der Waals surface area contributed by atoms with Crippen LogP contribution in [0.3, 0.4) is 0 Å². The van der Waals surface area contributed by atoms with Crippen molar-refractivity contribution >= 4 is 17.5 Å². The van der Waals surface area contributed by atoms with Crippen molar-refractivity contribution in [2.45, 2.75) is 6.10 Å². The number of aliphatic hydroxyl groups excluding tert-OH is 1. The molecule has 0 saturated heterocycles. The van der Waals surface area contributed by atoms with E-state index in [4.69, 9.17) is 11.6 Å². The summed E-state index contributed by atoms with van der Waals surface area (Å²) < 4.78 is 12.7. The van der Waals surface area contributed by atoms with Crippen LogP contribution in [-0.2, 0) is 0 Å². The van der Waals surface area contributed by atoms with Gasteiger partial charge in [0.1, 0.15) is 5.82 Å². The lowest BCUT2D eigenvalue weighted by atomic mass is 10.1. The molecule has 2 N–H and O–H groups in total. The maximum atomic E-state index is 12.7. The Kier molecular flexibility index (Phi) is 4.71. The summed E-state index contributed by atoms with van der Waals surface area (Å²) in [6.07, 6.45) is -0.895. The van der Waals surface area contributed by atoms with Gasteiger partial charge < -0.3 is 10.4 Å². The topological polar surface area (TPSA) is 49.3 Å². The van der Waals surface area contributed by atoms with Crippen molar-refractivity contribution in [2.75, 3.05) is 6.54 Å². The second kappa shape index (κ2) is 6.50. The van der Waals surface area contributed by atoms with Gasteiger partial charge in [-0.05, 0) is 30.3 Å². The van der Waals surface area contributed by atoms with Crippen LogP contribution in [0.15, 0.2) is 48.5 Å². The first-order valence-electron chi connectivity index (χ1n) is 6.04. The molecule has 0 heterocycles. The quantitative estimate of drug-likeness (QED) is 0.910. The van der Waals surface area contributed by atoms with E-state index >= 15 is 0 Å². The summed E-state index contributed by atoms with van der Waals surface area (Å²) in [7, 11) is 0. The number of nitrogens with one attached hydrogen (secondary N) is 1. The van der Waals surface area contributed by atoms with Crippen LogP contribution in [0, 0.1) is 5.82 Å². The van der Waals surface area contributed by atoms with Crippen LogP contribution in [0.5, 0.6) is 0 Å². The fourth-order valence-electron chi connectivity index (χ4n) is 1.75. The lowest BCUT2D eigenvalue weighted by Gasteiger charge is -2.13. The van der Waals surface area contributed by atoms with Crippen LogP contribution < -0.4 is 5.32 Å². The van der Waals surface area contributed by atoms with E-state index < -0.39 is 11.9 Å². The summed E-state index contributed by atoms with van der Waals surface area (Å²) in [4.78, 5) is 11.8. The van der Waals surface area contributed by atoms with E-state index in [0.717, 1.165) is 0 Å². The molecule has 0 aromatic heterocycles. The largest absolute Gasteiger partial charge is 0.387 e. The zero-order chi connectivity index (χ0) is 14.5. The molecule has 2 aromatic rings. The minimum atomic E-state index is -0.895. The van der Waals surface area contributed by atoms with Crippen LogP contribution in [0.4, 0.5) is 4.39 Å². The molecule has 0 spiro atoms. The fourth-order valence-corrected chi connectivity index (χ4v) is 2.01. The highest BCUT2D eigenvalue weighted by molar-refractivity contribution is 6.31. The fraction of sp³-hybridized carbons (Fsp3) is 0.133. The van der Waals surface area contributed by atoms with E-state index in [1.54, 1.807) is 24.3 Å². The minimum absolute atomic E-state index is 0.0277. The Hall–Kier alpha value is -1.91. The molecule has 1 amide bonds. The van der Waals surface area contributed by atoms with Crippen molar-refractivity contribution in [3.05, 3.63) is 70.5 Å². The normalized spacial score (nSPS) is 11.9. The first-order chi connectivity index (χ1) is 9.58. The molecule has 20 heavy (non-hydrogen) atoms. The Labute approximate surface area is 121 Å². The van der Waals surface area contributed by atoms with E-state index in [-0.39, 0.29) is 12.5 Å². The molecule has 2 aromatic carbocycles. The molecule has 104 valence electrons. The van der Waals surface area contributed by atoms with E-state index in [0.29, 0.717) is 16.1 Å². The van der Waals surface area contributed by atoms with Crippen LogP contribution in [0.1, 0.15) is 22.0 Å². The zero-order valence-electron chi connectivity index (χ0n) is 10.5. The third-order valence-electron chi connectivity index (χ3n) is 2.83. The highest BCUT2D eigenvalue weighted by Gasteiger charge is 2.13. The van der Waals surface area contributed by atoms with Gasteiger partial charge in [-0.2, -0.15) is 0 Å². The van der Waals surface area contributed by atoms with Gasteiger partial charge in [-0.3, -0.25) is 4.79 Å². The molecule has 2 rings (SSSR count). The first kappa shape index (κ1) is 14.5. The molecule has 3 nitrogen and oxygen atoms in total. The summed E-state index contributed by atoms with van der Waals surface area (Å²) in [6, 6.07) is 12.1.